The Labute approximate surface area is 742 Å². The Morgan fingerprint density at radius 1 is 0.369 bits per heavy atom. The minimum absolute atomic E-state index is 0.0674. The summed E-state index contributed by atoms with van der Waals surface area (Å²) in [6.07, 6.45) is -3.10. The van der Waals surface area contributed by atoms with Gasteiger partial charge in [-0.05, 0) is 165 Å². The first kappa shape index (κ1) is 103. The van der Waals surface area contributed by atoms with Crippen LogP contribution in [0.25, 0.3) is 10.8 Å². The van der Waals surface area contributed by atoms with Crippen LogP contribution < -0.4 is 26.6 Å². The van der Waals surface area contributed by atoms with Crippen LogP contribution in [0.4, 0.5) is 105 Å². The molecule has 0 aliphatic carbocycles. The molecule has 0 saturated carbocycles. The van der Waals surface area contributed by atoms with Gasteiger partial charge in [-0.15, -0.1) is 21.9 Å². The second kappa shape index (κ2) is 41.0. The maximum Gasteiger partial charge on any atom is 0.470 e. The molecule has 0 aliphatic rings. The van der Waals surface area contributed by atoms with Crippen LogP contribution >= 0.6 is 35.3 Å². The molecular formula is C86H57BF24O11S8. The summed E-state index contributed by atoms with van der Waals surface area (Å²) in [4.78, 5) is 57.6. The van der Waals surface area contributed by atoms with Gasteiger partial charge in [0.2, 0.25) is 5.78 Å². The highest BCUT2D eigenvalue weighted by molar-refractivity contribution is 8.29. The fourth-order valence-electron chi connectivity index (χ4n) is 12.8. The normalized spacial score (nSPS) is 12.0. The third-order valence-corrected chi connectivity index (χ3v) is 32.0. The number of hydrogen-bond donors (Lipinski definition) is 0. The van der Waals surface area contributed by atoms with Gasteiger partial charge in [0.15, 0.2) is 116 Å². The summed E-state index contributed by atoms with van der Waals surface area (Å²) in [5.41, 5.74) is -25.0. The Hall–Kier alpha value is -10.6. The predicted octanol–water partition coefficient (Wildman–Crippen LogP) is 21.0. The van der Waals surface area contributed by atoms with Gasteiger partial charge in [0.05, 0.1) is 44.3 Å². The zero-order valence-corrected chi connectivity index (χ0v) is 73.5. The second-order valence-corrected chi connectivity index (χ2v) is 41.8. The Kier molecular flexibility index (Phi) is 32.5. The third-order valence-electron chi connectivity index (χ3n) is 18.7. The molecule has 12 aromatic rings. The largest absolute Gasteiger partial charge is 0.496 e. The van der Waals surface area contributed by atoms with Gasteiger partial charge in [-0.2, -0.15) is 26.3 Å². The molecule has 0 unspecified atom stereocenters. The van der Waals surface area contributed by atoms with Crippen LogP contribution in [0.1, 0.15) is 67.8 Å². The van der Waals surface area contributed by atoms with Crippen LogP contribution in [0.2, 0.25) is 0 Å². The number of benzene rings is 12. The molecular weight excluding hydrogens is 1930 g/mol. The smallest absolute Gasteiger partial charge is 0.470 e. The number of Topliss-reactive ketones (excluding diaryl/α,β-unsaturated/α-hetero) is 4. The molecule has 0 bridgehead atoms. The van der Waals surface area contributed by atoms with Crippen LogP contribution in [0.5, 0.6) is 5.75 Å². The summed E-state index contributed by atoms with van der Waals surface area (Å²) < 4.78 is 406. The van der Waals surface area contributed by atoms with Crippen molar-refractivity contribution in [2.45, 2.75) is 82.8 Å². The van der Waals surface area contributed by atoms with Crippen LogP contribution in [0.3, 0.4) is 0 Å². The summed E-state index contributed by atoms with van der Waals surface area (Å²) in [5.74, 6) is -56.6. The molecule has 0 amide bonds. The van der Waals surface area contributed by atoms with Gasteiger partial charge >= 0.3 is 11.0 Å². The van der Waals surface area contributed by atoms with E-state index in [1.54, 1.807) is 63.2 Å². The molecule has 686 valence electrons. The van der Waals surface area contributed by atoms with Crippen molar-refractivity contribution in [3.63, 3.8) is 0 Å². The monoisotopic (exact) mass is 1990 g/mol. The predicted molar refractivity (Wildman–Crippen MR) is 444 cm³/mol. The standard InChI is InChI=1S/C42H33O3S4.C25H4BF18.C15H17O2S.C4H3F6O6S3/c1-28(43)31-4-10-34(11-5-31)46-37-16-22-40(23-17-37)49(41-24-18-38(19-25-41)47-35-12-6-32(7-13-35)29(2)44)42-26-20-39(21-27-42)48-36-14-8-33(9-15-36)30(3)45;1-3-10(29)14(33)7(15(34)11(3)30)26(6-12(31)4(27)2-5(28)13(6)32,8-16(35)20(39)24(43)21(40)17(8)36)9-18(37)22(41)25(44)23(42)19(9)38;1-17-15-9-8-12(14(16)10-18(2)3)11-6-4-5-7-13(11)15;1-17(11,12)2(18(13,14)3(5,6)7)19(15,16)4(8,9)10/h4-27H,1-3H3;2H,1H3;4-9H,10H2,1-3H3;1H3/q+1;-1;+1;-1. The number of alkyl halides is 6. The highest BCUT2D eigenvalue weighted by Gasteiger charge is 2.58. The van der Waals surface area contributed by atoms with Crippen molar-refractivity contribution in [3.8, 4) is 5.75 Å². The molecule has 0 spiro atoms. The van der Waals surface area contributed by atoms with Gasteiger partial charge < -0.3 is 4.74 Å². The van der Waals surface area contributed by atoms with Gasteiger partial charge in [-0.1, -0.05) is 95.9 Å². The zero-order valence-electron chi connectivity index (χ0n) is 67.0. The fraction of sp³-hybridized carbons (Fsp3) is 0.128. The lowest BCUT2D eigenvalue weighted by Gasteiger charge is -2.45. The average Bonchev–Trinajstić information content (AvgIpc) is 0.678. The van der Waals surface area contributed by atoms with Crippen LogP contribution in [-0.4, -0.2) is 97.2 Å². The van der Waals surface area contributed by atoms with Crippen molar-refractivity contribution in [3.05, 3.63) is 324 Å². The van der Waals surface area contributed by atoms with Crippen molar-refractivity contribution in [1.82, 2.24) is 0 Å². The fourth-order valence-corrected chi connectivity index (χ4v) is 23.8. The summed E-state index contributed by atoms with van der Waals surface area (Å²) in [7, 11) is -18.8. The Morgan fingerprint density at radius 2 is 0.631 bits per heavy atom. The number of carbonyl (C=O) groups is 4. The number of fused-ring (bicyclic) bond motifs is 1. The van der Waals surface area contributed by atoms with Crippen LogP contribution in [0.15, 0.2) is 232 Å². The van der Waals surface area contributed by atoms with E-state index in [-0.39, 0.29) is 51.8 Å². The maximum absolute atomic E-state index is 15.6. The second-order valence-electron chi connectivity index (χ2n) is 27.6. The maximum atomic E-state index is 15.6. The summed E-state index contributed by atoms with van der Waals surface area (Å²) >= 11 is 5.04. The first-order chi connectivity index (χ1) is 60.5. The SMILES string of the molecule is CC(=O)c1ccc(Sc2ccc([S+](c3ccc(Sc4ccc(C(C)=O)cc4)cc3)c3ccc(Sc4ccc(C(C)=O)cc4)cc3)cc2)cc1.COc1ccc(C(=O)C[S+](C)C)c2ccccc12.CS(=O)(=O)[C-](S(=O)(=O)C(F)(F)F)S(=O)(=O)C(F)(F)F.Cc1c(F)c(F)c([B-](c2c(F)c(F)cc(F)c2F)(c2c(F)c(F)c(F)c(F)c2F)c2c(F)c(F)c(F)c(F)c2F)c(F)c1F. The first-order valence-electron chi connectivity index (χ1n) is 36.1. The van der Waals surface area contributed by atoms with Crippen LogP contribution in [0, 0.1) is 116 Å². The molecule has 12 rings (SSSR count). The summed E-state index contributed by atoms with van der Waals surface area (Å²) in [6.45, 7) is 4.94. The van der Waals surface area contributed by atoms with E-state index in [1.807, 2.05) is 109 Å². The number of hydrogen-bond acceptors (Lipinski definition) is 14. The molecule has 44 heteroatoms. The highest BCUT2D eigenvalue weighted by Crippen LogP contribution is 2.45. The number of sulfone groups is 3. The highest BCUT2D eigenvalue weighted by atomic mass is 32.3. The van der Waals surface area contributed by atoms with Crippen molar-refractivity contribution >= 4 is 148 Å². The van der Waals surface area contributed by atoms with E-state index in [0.29, 0.717) is 22.4 Å². The van der Waals surface area contributed by atoms with Gasteiger partial charge in [-0.25, -0.2) is 79.0 Å². The summed E-state index contributed by atoms with van der Waals surface area (Å²) in [6, 6.07) is 60.4. The number of carbonyl (C=O) groups excluding carboxylic acids is 4. The van der Waals surface area contributed by atoms with E-state index in [4.69, 9.17) is 4.74 Å². The number of rotatable bonds is 23. The Balaban J connectivity index is 0.000000213. The minimum Gasteiger partial charge on any atom is -0.496 e. The topological polar surface area (TPSA) is 180 Å². The molecule has 0 N–H and O–H groups in total. The molecule has 0 aromatic heterocycles. The van der Waals surface area contributed by atoms with Gasteiger partial charge in [0.1, 0.15) is 58.4 Å². The van der Waals surface area contributed by atoms with Gasteiger partial charge in [0.25, 0.3) is 0 Å². The Morgan fingerprint density at radius 3 is 0.892 bits per heavy atom. The molecule has 0 fully saturated rings. The van der Waals surface area contributed by atoms with Gasteiger partial charge in [0, 0.05) is 74.9 Å². The van der Waals surface area contributed by atoms with E-state index >= 15 is 35.1 Å². The van der Waals surface area contributed by atoms with E-state index in [2.05, 4.69) is 85.3 Å². The Bertz CT molecular complexity index is 6190. The van der Waals surface area contributed by atoms with E-state index in [9.17, 15) is 115 Å². The molecule has 12 aromatic carbocycles. The minimum atomic E-state index is -7.22. The van der Waals surface area contributed by atoms with Gasteiger partial charge in [-0.3, -0.25) is 44.4 Å². The molecule has 130 heavy (non-hydrogen) atoms. The lowest BCUT2D eigenvalue weighted by atomic mass is 9.12. The number of halogens is 24. The molecule has 0 atom stereocenters. The molecule has 11 nitrogen and oxygen atoms in total. The average molecular weight is 1990 g/mol. The van der Waals surface area contributed by atoms with Crippen molar-refractivity contribution in [2.24, 2.45) is 0 Å². The lowest BCUT2D eigenvalue weighted by molar-refractivity contribution is -0.0450. The third kappa shape index (κ3) is 21.6. The molecule has 0 radical (unpaired) electrons. The van der Waals surface area contributed by atoms with E-state index < -0.39 is 195 Å². The number of methoxy groups -OCH3 is 1. The summed E-state index contributed by atoms with van der Waals surface area (Å²) in [5, 5.41) is 1.98. The van der Waals surface area contributed by atoms with E-state index in [0.717, 1.165) is 51.5 Å². The lowest BCUT2D eigenvalue weighted by Crippen LogP contribution is -2.81. The number of ketones is 4. The molecule has 0 saturated heterocycles. The number of ether oxygens (including phenoxy) is 1. The van der Waals surface area contributed by atoms with Crippen molar-refractivity contribution < 1.29 is 155 Å². The van der Waals surface area contributed by atoms with Crippen molar-refractivity contribution in [1.29, 1.82) is 0 Å². The van der Waals surface area contributed by atoms with Crippen molar-refractivity contribution in [2.75, 3.05) is 31.6 Å². The zero-order chi connectivity index (χ0) is 97.0. The first-order valence-corrected chi connectivity index (χ1v) is 46.8. The quantitative estimate of drug-likeness (QED) is 0.0112. The van der Waals surface area contributed by atoms with Crippen LogP contribution in [-0.2, 0) is 51.3 Å². The van der Waals surface area contributed by atoms with E-state index in [1.165, 1.54) is 14.7 Å². The molecule has 0 aliphatic heterocycles. The molecule has 0 heterocycles.